The molecule has 0 saturated carbocycles. The molecule has 8 rings (SSSR count). The first-order valence-corrected chi connectivity index (χ1v) is 16.9. The second-order valence-corrected chi connectivity index (χ2v) is 13.6. The minimum atomic E-state index is 0.0396. The quantitative estimate of drug-likeness (QED) is 0.322. The fraction of sp³-hybridized carbons (Fsp3) is 0.571. The van der Waals surface area contributed by atoms with Crippen molar-refractivity contribution in [3.8, 4) is 17.3 Å². The number of aryl methyl sites for hydroxylation is 2. The molecule has 9 nitrogen and oxygen atoms in total. The van der Waals surface area contributed by atoms with Gasteiger partial charge in [-0.3, -0.25) is 9.69 Å². The van der Waals surface area contributed by atoms with Crippen molar-refractivity contribution in [3.63, 3.8) is 0 Å². The molecule has 4 atom stereocenters. The number of hydrogen-bond acceptors (Lipinski definition) is 6. The standard InChI is InChI=1S/C35H45N7O2/c1-39-32-27(18-23(20-31(32)44-2)35(43)42-24-12-14-28(42)25(36)21-24)38-34(39)30-19-22-11-13-26-29-10-9-16-40(29)15-7-5-3-4-6-8-17-41(30)33(22)37-26/h11,13,18-20,24-25,28-29H,3-10,12,14-17,21,36H2,1-2H3/t24-,25+,28+,29+/m0/s1. The molecule has 4 aromatic rings. The van der Waals surface area contributed by atoms with Crippen LogP contribution in [0.1, 0.15) is 92.7 Å². The number of ether oxygens (including phenoxy) is 1. The summed E-state index contributed by atoms with van der Waals surface area (Å²) in [5.74, 6) is 1.58. The topological polar surface area (TPSA) is 94.4 Å². The molecule has 3 aromatic heterocycles. The summed E-state index contributed by atoms with van der Waals surface area (Å²) < 4.78 is 10.4. The second-order valence-electron chi connectivity index (χ2n) is 13.6. The first-order chi connectivity index (χ1) is 21.5. The van der Waals surface area contributed by atoms with Crippen LogP contribution in [-0.2, 0) is 13.6 Å². The number of aromatic nitrogens is 4. The molecule has 0 spiro atoms. The first-order valence-electron chi connectivity index (χ1n) is 16.9. The molecule has 232 valence electrons. The Morgan fingerprint density at radius 3 is 2.50 bits per heavy atom. The van der Waals surface area contributed by atoms with Gasteiger partial charge in [-0.25, -0.2) is 9.97 Å². The number of pyridine rings is 1. The molecule has 4 aliphatic heterocycles. The van der Waals surface area contributed by atoms with E-state index in [1.165, 1.54) is 63.7 Å². The zero-order valence-corrected chi connectivity index (χ0v) is 26.2. The Bertz CT molecular complexity index is 1720. The average molecular weight is 596 g/mol. The van der Waals surface area contributed by atoms with E-state index in [4.69, 9.17) is 20.4 Å². The minimum Gasteiger partial charge on any atom is -0.494 e. The summed E-state index contributed by atoms with van der Waals surface area (Å²) in [5.41, 5.74) is 12.0. The highest BCUT2D eigenvalue weighted by Gasteiger charge is 2.47. The maximum absolute atomic E-state index is 13.8. The zero-order chi connectivity index (χ0) is 29.9. The predicted molar refractivity (Wildman–Crippen MR) is 173 cm³/mol. The van der Waals surface area contributed by atoms with Crippen molar-refractivity contribution in [2.75, 3.05) is 20.2 Å². The average Bonchev–Trinajstić information content (AvgIpc) is 3.85. The highest BCUT2D eigenvalue weighted by molar-refractivity contribution is 6.00. The third kappa shape index (κ3) is 4.53. The van der Waals surface area contributed by atoms with Gasteiger partial charge in [-0.2, -0.15) is 0 Å². The van der Waals surface area contributed by atoms with E-state index in [0.29, 0.717) is 17.4 Å². The van der Waals surface area contributed by atoms with Crippen molar-refractivity contribution in [3.05, 3.63) is 41.6 Å². The Balaban J connectivity index is 1.22. The maximum atomic E-state index is 13.8. The van der Waals surface area contributed by atoms with E-state index < -0.39 is 0 Å². The lowest BCUT2D eigenvalue weighted by atomic mass is 9.97. The van der Waals surface area contributed by atoms with Gasteiger partial charge in [-0.1, -0.05) is 25.7 Å². The van der Waals surface area contributed by atoms with E-state index in [2.05, 4.69) is 39.3 Å². The third-order valence-electron chi connectivity index (χ3n) is 11.0. The lowest BCUT2D eigenvalue weighted by molar-refractivity contribution is 0.0726. The van der Waals surface area contributed by atoms with E-state index in [-0.39, 0.29) is 24.0 Å². The van der Waals surface area contributed by atoms with Crippen LogP contribution in [0.5, 0.6) is 5.75 Å². The smallest absolute Gasteiger partial charge is 0.254 e. The Kier molecular flexibility index (Phi) is 7.13. The van der Waals surface area contributed by atoms with Crippen LogP contribution in [0.4, 0.5) is 0 Å². The van der Waals surface area contributed by atoms with Crippen LogP contribution < -0.4 is 10.5 Å². The number of nitrogens with two attached hydrogens (primary N) is 1. The summed E-state index contributed by atoms with van der Waals surface area (Å²) >= 11 is 0. The number of methoxy groups -OCH3 is 1. The molecule has 0 aliphatic carbocycles. The van der Waals surface area contributed by atoms with Gasteiger partial charge in [0.05, 0.1) is 30.1 Å². The zero-order valence-electron chi connectivity index (χ0n) is 26.2. The Hall–Kier alpha value is -3.43. The van der Waals surface area contributed by atoms with Gasteiger partial charge in [0, 0.05) is 42.7 Å². The van der Waals surface area contributed by atoms with Gasteiger partial charge in [0.2, 0.25) is 0 Å². The second kappa shape index (κ2) is 11.2. The van der Waals surface area contributed by atoms with E-state index >= 15 is 0 Å². The molecule has 4 bridgehead atoms. The van der Waals surface area contributed by atoms with Gasteiger partial charge in [-0.05, 0) is 88.4 Å². The summed E-state index contributed by atoms with van der Waals surface area (Å²) in [7, 11) is 3.73. The van der Waals surface area contributed by atoms with Gasteiger partial charge in [0.25, 0.3) is 5.91 Å². The van der Waals surface area contributed by atoms with Crippen LogP contribution in [0.25, 0.3) is 33.6 Å². The number of amides is 1. The molecular weight excluding hydrogens is 550 g/mol. The number of hydrogen-bond donors (Lipinski definition) is 1. The number of carbonyl (C=O) groups is 1. The largest absolute Gasteiger partial charge is 0.494 e. The molecule has 44 heavy (non-hydrogen) atoms. The lowest BCUT2D eigenvalue weighted by Crippen LogP contribution is -2.40. The van der Waals surface area contributed by atoms with E-state index in [1.54, 1.807) is 7.11 Å². The summed E-state index contributed by atoms with van der Waals surface area (Å²) in [6.07, 6.45) is 12.9. The van der Waals surface area contributed by atoms with Gasteiger partial charge < -0.3 is 24.5 Å². The van der Waals surface area contributed by atoms with Crippen LogP contribution in [0, 0.1) is 0 Å². The van der Waals surface area contributed by atoms with Crippen molar-refractivity contribution in [2.45, 2.75) is 101 Å². The van der Waals surface area contributed by atoms with Gasteiger partial charge in [0.15, 0.2) is 5.82 Å². The van der Waals surface area contributed by atoms with Crippen LogP contribution >= 0.6 is 0 Å². The molecule has 3 saturated heterocycles. The number of imidazole rings is 1. The minimum absolute atomic E-state index is 0.0396. The lowest BCUT2D eigenvalue weighted by Gasteiger charge is -2.24. The normalized spacial score (nSPS) is 26.1. The van der Waals surface area contributed by atoms with E-state index in [0.717, 1.165) is 65.8 Å². The maximum Gasteiger partial charge on any atom is 0.254 e. The van der Waals surface area contributed by atoms with Crippen molar-refractivity contribution in [1.82, 2.24) is 28.9 Å². The molecule has 1 amide bonds. The van der Waals surface area contributed by atoms with Crippen molar-refractivity contribution in [1.29, 1.82) is 0 Å². The van der Waals surface area contributed by atoms with Crippen molar-refractivity contribution < 1.29 is 9.53 Å². The Morgan fingerprint density at radius 1 is 0.932 bits per heavy atom. The third-order valence-corrected chi connectivity index (χ3v) is 11.0. The predicted octanol–water partition coefficient (Wildman–Crippen LogP) is 5.79. The molecule has 3 fully saturated rings. The molecule has 9 heteroatoms. The number of carbonyl (C=O) groups excluding carboxylic acids is 1. The summed E-state index contributed by atoms with van der Waals surface area (Å²) in [4.78, 5) is 29.1. The number of nitrogens with zero attached hydrogens (tertiary/aromatic N) is 6. The van der Waals surface area contributed by atoms with Crippen LogP contribution in [0.3, 0.4) is 0 Å². The summed E-state index contributed by atoms with van der Waals surface area (Å²) in [6.45, 7) is 3.26. The highest BCUT2D eigenvalue weighted by atomic mass is 16.5. The van der Waals surface area contributed by atoms with Crippen LogP contribution in [0.15, 0.2) is 30.3 Å². The fourth-order valence-electron chi connectivity index (χ4n) is 8.78. The molecule has 0 unspecified atom stereocenters. The summed E-state index contributed by atoms with van der Waals surface area (Å²) in [6, 6.07) is 11.4. The van der Waals surface area contributed by atoms with Gasteiger partial charge >= 0.3 is 0 Å². The van der Waals surface area contributed by atoms with Gasteiger partial charge in [0.1, 0.15) is 16.9 Å². The molecular formula is C35H45N7O2. The molecule has 4 aliphatic rings. The van der Waals surface area contributed by atoms with Crippen molar-refractivity contribution in [2.24, 2.45) is 12.8 Å². The summed E-state index contributed by atoms with van der Waals surface area (Å²) in [5, 5.41) is 1.15. The molecule has 1 aromatic carbocycles. The number of fused-ring (bicyclic) bond motifs is 6. The highest BCUT2D eigenvalue weighted by Crippen LogP contribution is 2.40. The Labute approximate surface area is 259 Å². The van der Waals surface area contributed by atoms with E-state index in [9.17, 15) is 4.79 Å². The number of rotatable bonds is 3. The molecule has 2 N–H and O–H groups in total. The Morgan fingerprint density at radius 2 is 1.73 bits per heavy atom. The van der Waals surface area contributed by atoms with Crippen LogP contribution in [0.2, 0.25) is 0 Å². The SMILES string of the molecule is COc1cc(C(=O)N2[C@H]3CC[C@@H]2[C@H](N)C3)cc2nc(-c3cc4ccc5nc4n3CCCCCCCCN3CCC[C@H]53)n(C)c12. The van der Waals surface area contributed by atoms with Gasteiger partial charge in [-0.15, -0.1) is 0 Å². The number of benzene rings is 1. The monoisotopic (exact) mass is 595 g/mol. The van der Waals surface area contributed by atoms with Crippen LogP contribution in [-0.4, -0.2) is 73.1 Å². The van der Waals surface area contributed by atoms with E-state index in [1.807, 2.05) is 17.0 Å². The van der Waals surface area contributed by atoms with Crippen molar-refractivity contribution >= 4 is 28.0 Å². The molecule has 0 radical (unpaired) electrons. The molecule has 7 heterocycles. The fourth-order valence-corrected chi connectivity index (χ4v) is 8.78. The first kappa shape index (κ1) is 28.1.